The molecule has 2 aromatic rings. The molecule has 1 nitrogen and oxygen atoms in total. The van der Waals surface area contributed by atoms with Crippen molar-refractivity contribution < 1.29 is 4.74 Å². The van der Waals surface area contributed by atoms with E-state index in [0.29, 0.717) is 6.10 Å². The van der Waals surface area contributed by atoms with Crippen molar-refractivity contribution >= 4 is 22.5 Å². The van der Waals surface area contributed by atoms with Gasteiger partial charge in [0.25, 0.3) is 0 Å². The Balaban J connectivity index is 1.60. The molecule has 3 rings (SSSR count). The van der Waals surface area contributed by atoms with Crippen molar-refractivity contribution in [3.8, 4) is 0 Å². The highest BCUT2D eigenvalue weighted by Crippen LogP contribution is 2.22. The summed E-state index contributed by atoms with van der Waals surface area (Å²) in [6, 6.07) is 15.3. The summed E-state index contributed by atoms with van der Waals surface area (Å²) in [6.45, 7) is 0.960. The largest absolute Gasteiger partial charge is 0.377 e. The predicted molar refractivity (Wildman–Crippen MR) is 79.1 cm³/mol. The summed E-state index contributed by atoms with van der Waals surface area (Å²) in [5.74, 6) is 2.22. The van der Waals surface area contributed by atoms with Crippen molar-refractivity contribution in [1.29, 1.82) is 0 Å². The quantitative estimate of drug-likeness (QED) is 0.810. The van der Waals surface area contributed by atoms with Crippen LogP contribution in [0.1, 0.15) is 18.4 Å². The Morgan fingerprint density at radius 3 is 2.83 bits per heavy atom. The summed E-state index contributed by atoms with van der Waals surface area (Å²) >= 11 is 1.99. The number of thioether (sulfide) groups is 1. The topological polar surface area (TPSA) is 9.23 Å². The predicted octanol–water partition coefficient (Wildman–Crippen LogP) is 4.25. The fourth-order valence-corrected chi connectivity index (χ4v) is 3.47. The van der Waals surface area contributed by atoms with Crippen molar-refractivity contribution in [2.24, 2.45) is 0 Å². The Hall–Kier alpha value is -0.990. The molecule has 0 amide bonds. The average molecular weight is 258 g/mol. The standard InChI is InChI=1S/C16H18OS/c1-2-5-15-10-13(7-8-14(15)4-1)11-18-12-16-6-3-9-17-16/h1-2,4-5,7-8,10,16H,3,6,9,11-12H2. The van der Waals surface area contributed by atoms with Gasteiger partial charge in [-0.1, -0.05) is 42.5 Å². The molecule has 0 saturated carbocycles. The second-order valence-corrected chi connectivity index (χ2v) is 5.86. The first-order chi connectivity index (χ1) is 8.92. The van der Waals surface area contributed by atoms with E-state index in [4.69, 9.17) is 4.74 Å². The van der Waals surface area contributed by atoms with Crippen LogP contribution in [-0.2, 0) is 10.5 Å². The molecule has 1 atom stereocenters. The van der Waals surface area contributed by atoms with E-state index in [1.54, 1.807) is 0 Å². The molecule has 1 heterocycles. The maximum Gasteiger partial charge on any atom is 0.0666 e. The fraction of sp³-hybridized carbons (Fsp3) is 0.375. The number of hydrogen-bond acceptors (Lipinski definition) is 2. The maximum atomic E-state index is 5.64. The molecule has 2 aromatic carbocycles. The highest BCUT2D eigenvalue weighted by atomic mass is 32.2. The molecule has 0 radical (unpaired) electrons. The molecule has 0 spiro atoms. The second-order valence-electron chi connectivity index (χ2n) is 4.83. The van der Waals surface area contributed by atoms with Crippen molar-refractivity contribution in [3.63, 3.8) is 0 Å². The normalized spacial score (nSPS) is 19.4. The molecule has 1 unspecified atom stereocenters. The molecule has 18 heavy (non-hydrogen) atoms. The second kappa shape index (κ2) is 5.77. The molecular weight excluding hydrogens is 240 g/mol. The summed E-state index contributed by atoms with van der Waals surface area (Å²) in [5.41, 5.74) is 1.41. The Morgan fingerprint density at radius 2 is 2.00 bits per heavy atom. The third-order valence-corrected chi connectivity index (χ3v) is 4.56. The van der Waals surface area contributed by atoms with E-state index in [0.717, 1.165) is 18.1 Å². The molecule has 0 aromatic heterocycles. The van der Waals surface area contributed by atoms with Crippen molar-refractivity contribution in [1.82, 2.24) is 0 Å². The van der Waals surface area contributed by atoms with E-state index in [-0.39, 0.29) is 0 Å². The van der Waals surface area contributed by atoms with Gasteiger partial charge in [-0.05, 0) is 29.2 Å². The van der Waals surface area contributed by atoms with Crippen LogP contribution in [0.25, 0.3) is 10.8 Å². The lowest BCUT2D eigenvalue weighted by Crippen LogP contribution is -2.07. The van der Waals surface area contributed by atoms with E-state index in [9.17, 15) is 0 Å². The van der Waals surface area contributed by atoms with E-state index < -0.39 is 0 Å². The Bertz CT molecular complexity index is 517. The van der Waals surface area contributed by atoms with Gasteiger partial charge in [-0.3, -0.25) is 0 Å². The Kier molecular flexibility index (Phi) is 3.87. The maximum absolute atomic E-state index is 5.64. The van der Waals surface area contributed by atoms with Gasteiger partial charge >= 0.3 is 0 Å². The lowest BCUT2D eigenvalue weighted by atomic mass is 10.1. The molecule has 0 aliphatic carbocycles. The van der Waals surface area contributed by atoms with Gasteiger partial charge in [0, 0.05) is 18.1 Å². The molecule has 94 valence electrons. The minimum Gasteiger partial charge on any atom is -0.377 e. The molecule has 2 heteroatoms. The first-order valence-corrected chi connectivity index (χ1v) is 7.74. The van der Waals surface area contributed by atoms with E-state index in [1.807, 2.05) is 11.8 Å². The van der Waals surface area contributed by atoms with Crippen LogP contribution in [0.5, 0.6) is 0 Å². The fourth-order valence-electron chi connectivity index (χ4n) is 2.41. The average Bonchev–Trinajstić information content (AvgIpc) is 2.92. The molecule has 0 bridgehead atoms. The number of hydrogen-bond donors (Lipinski definition) is 0. The minimum atomic E-state index is 0.496. The van der Waals surface area contributed by atoms with Gasteiger partial charge in [-0.15, -0.1) is 0 Å². The monoisotopic (exact) mass is 258 g/mol. The number of benzene rings is 2. The van der Waals surface area contributed by atoms with Crippen LogP contribution in [0.3, 0.4) is 0 Å². The number of rotatable bonds is 4. The van der Waals surface area contributed by atoms with Crippen LogP contribution >= 0.6 is 11.8 Å². The van der Waals surface area contributed by atoms with E-state index >= 15 is 0 Å². The van der Waals surface area contributed by atoms with Crippen molar-refractivity contribution in [2.75, 3.05) is 12.4 Å². The summed E-state index contributed by atoms with van der Waals surface area (Å²) < 4.78 is 5.64. The zero-order valence-corrected chi connectivity index (χ0v) is 11.3. The molecular formula is C16H18OS. The first kappa shape index (κ1) is 12.1. The van der Waals surface area contributed by atoms with Crippen molar-refractivity contribution in [3.05, 3.63) is 48.0 Å². The van der Waals surface area contributed by atoms with Crippen molar-refractivity contribution in [2.45, 2.75) is 24.7 Å². The highest BCUT2D eigenvalue weighted by Gasteiger charge is 2.14. The van der Waals surface area contributed by atoms with Gasteiger partial charge in [0.1, 0.15) is 0 Å². The molecule has 1 fully saturated rings. The zero-order chi connectivity index (χ0) is 12.2. The third kappa shape index (κ3) is 2.88. The smallest absolute Gasteiger partial charge is 0.0666 e. The van der Waals surface area contributed by atoms with Gasteiger partial charge < -0.3 is 4.74 Å². The van der Waals surface area contributed by atoms with Crippen LogP contribution in [0.4, 0.5) is 0 Å². The summed E-state index contributed by atoms with van der Waals surface area (Å²) in [4.78, 5) is 0. The first-order valence-electron chi connectivity index (χ1n) is 6.59. The lowest BCUT2D eigenvalue weighted by molar-refractivity contribution is 0.129. The van der Waals surface area contributed by atoms with Gasteiger partial charge in [0.05, 0.1) is 6.10 Å². The van der Waals surface area contributed by atoms with E-state index in [2.05, 4.69) is 42.5 Å². The minimum absolute atomic E-state index is 0.496. The van der Waals surface area contributed by atoms with Crippen LogP contribution in [0.15, 0.2) is 42.5 Å². The number of fused-ring (bicyclic) bond motifs is 1. The Labute approximate surface area is 113 Å². The highest BCUT2D eigenvalue weighted by molar-refractivity contribution is 7.98. The Morgan fingerprint density at radius 1 is 1.11 bits per heavy atom. The van der Waals surface area contributed by atoms with E-state index in [1.165, 1.54) is 29.2 Å². The molecule has 1 aliphatic rings. The summed E-state index contributed by atoms with van der Waals surface area (Å²) in [7, 11) is 0. The van der Waals surface area contributed by atoms with Crippen LogP contribution < -0.4 is 0 Å². The van der Waals surface area contributed by atoms with Gasteiger partial charge in [0.2, 0.25) is 0 Å². The third-order valence-electron chi connectivity index (χ3n) is 3.41. The van der Waals surface area contributed by atoms with Gasteiger partial charge in [-0.25, -0.2) is 0 Å². The van der Waals surface area contributed by atoms with Crippen LogP contribution in [-0.4, -0.2) is 18.5 Å². The van der Waals surface area contributed by atoms with Gasteiger partial charge in [-0.2, -0.15) is 11.8 Å². The lowest BCUT2D eigenvalue weighted by Gasteiger charge is -2.09. The van der Waals surface area contributed by atoms with Crippen LogP contribution in [0.2, 0.25) is 0 Å². The SMILES string of the molecule is c1ccc2cc(CSCC3CCCO3)ccc2c1. The molecule has 0 N–H and O–H groups in total. The summed E-state index contributed by atoms with van der Waals surface area (Å²) in [5, 5.41) is 2.66. The van der Waals surface area contributed by atoms with Crippen LogP contribution in [0, 0.1) is 0 Å². The zero-order valence-electron chi connectivity index (χ0n) is 10.5. The molecule has 1 saturated heterocycles. The van der Waals surface area contributed by atoms with Gasteiger partial charge in [0.15, 0.2) is 0 Å². The molecule has 1 aliphatic heterocycles. The number of ether oxygens (including phenoxy) is 1. The summed E-state index contributed by atoms with van der Waals surface area (Å²) in [6.07, 6.45) is 2.97.